The van der Waals surface area contributed by atoms with Crippen molar-refractivity contribution in [3.63, 3.8) is 0 Å². The van der Waals surface area contributed by atoms with Crippen molar-refractivity contribution in [1.29, 1.82) is 0 Å². The minimum Gasteiger partial charge on any atom is -0.310 e. The van der Waals surface area contributed by atoms with E-state index < -0.39 is 0 Å². The van der Waals surface area contributed by atoms with Crippen molar-refractivity contribution in [2.75, 3.05) is 6.54 Å². The number of likely N-dealkylation sites (N-methyl/N-ethyl adjacent to an activating group) is 1. The minimum absolute atomic E-state index is 0.162. The molecule has 2 aromatic carbocycles. The van der Waals surface area contributed by atoms with Crippen LogP contribution in [0.4, 0.5) is 0 Å². The largest absolute Gasteiger partial charge is 0.310 e. The number of hydrogen-bond acceptors (Lipinski definition) is 1. The Morgan fingerprint density at radius 3 is 2.25 bits per heavy atom. The number of nitrogens with one attached hydrogen (secondary N) is 1. The predicted molar refractivity (Wildman–Crippen MR) is 88.0 cm³/mol. The third kappa shape index (κ3) is 4.39. The molecule has 106 valence electrons. The van der Waals surface area contributed by atoms with Gasteiger partial charge in [-0.05, 0) is 54.4 Å². The lowest BCUT2D eigenvalue weighted by Gasteiger charge is -2.19. The summed E-state index contributed by atoms with van der Waals surface area (Å²) in [5, 5.41) is 5.52. The van der Waals surface area contributed by atoms with Gasteiger partial charge in [-0.3, -0.25) is 0 Å². The number of hydrogen-bond donors (Lipinski definition) is 1. The van der Waals surface area contributed by atoms with E-state index in [2.05, 4.69) is 18.3 Å². The molecule has 0 aliphatic carbocycles. The van der Waals surface area contributed by atoms with Crippen LogP contribution in [-0.4, -0.2) is 6.54 Å². The van der Waals surface area contributed by atoms with Crippen LogP contribution in [0.2, 0.25) is 15.1 Å². The van der Waals surface area contributed by atoms with Crippen LogP contribution in [0.15, 0.2) is 42.5 Å². The summed E-state index contributed by atoms with van der Waals surface area (Å²) in [5.41, 5.74) is 2.27. The van der Waals surface area contributed by atoms with Crippen LogP contribution >= 0.6 is 34.8 Å². The molecule has 0 saturated carbocycles. The van der Waals surface area contributed by atoms with Crippen molar-refractivity contribution in [2.45, 2.75) is 19.4 Å². The van der Waals surface area contributed by atoms with Crippen molar-refractivity contribution in [1.82, 2.24) is 5.32 Å². The highest BCUT2D eigenvalue weighted by atomic mass is 35.5. The van der Waals surface area contributed by atoms with Crippen LogP contribution in [0.1, 0.15) is 24.1 Å². The third-order valence-electron chi connectivity index (χ3n) is 3.07. The van der Waals surface area contributed by atoms with Gasteiger partial charge in [0.25, 0.3) is 0 Å². The molecular formula is C16H16Cl3N. The zero-order valence-corrected chi connectivity index (χ0v) is 13.4. The Kier molecular flexibility index (Phi) is 5.74. The normalized spacial score (nSPS) is 12.4. The van der Waals surface area contributed by atoms with Crippen LogP contribution in [0.5, 0.6) is 0 Å². The molecule has 1 atom stereocenters. The average Bonchev–Trinajstić information content (AvgIpc) is 2.37. The fraction of sp³-hybridized carbons (Fsp3) is 0.250. The molecule has 0 amide bonds. The van der Waals surface area contributed by atoms with Crippen LogP contribution < -0.4 is 5.32 Å². The summed E-state index contributed by atoms with van der Waals surface area (Å²) in [4.78, 5) is 0. The smallest absolute Gasteiger partial charge is 0.0424 e. The average molecular weight is 329 g/mol. The summed E-state index contributed by atoms with van der Waals surface area (Å²) >= 11 is 18.2. The Morgan fingerprint density at radius 1 is 0.950 bits per heavy atom. The molecule has 0 fully saturated rings. The zero-order chi connectivity index (χ0) is 14.5. The van der Waals surface area contributed by atoms with Crippen LogP contribution in [0.3, 0.4) is 0 Å². The molecule has 0 radical (unpaired) electrons. The monoisotopic (exact) mass is 327 g/mol. The van der Waals surface area contributed by atoms with Gasteiger partial charge in [0.15, 0.2) is 0 Å². The van der Waals surface area contributed by atoms with Crippen LogP contribution in [0, 0.1) is 0 Å². The number of benzene rings is 2. The lowest BCUT2D eigenvalue weighted by Crippen LogP contribution is -2.23. The molecule has 20 heavy (non-hydrogen) atoms. The third-order valence-corrected chi connectivity index (χ3v) is 3.74. The van der Waals surface area contributed by atoms with Crippen molar-refractivity contribution in [3.05, 3.63) is 68.7 Å². The van der Waals surface area contributed by atoms with E-state index in [1.165, 1.54) is 5.56 Å². The predicted octanol–water partition coefficient (Wildman–Crippen LogP) is 5.54. The first-order valence-corrected chi connectivity index (χ1v) is 7.65. The first-order valence-electron chi connectivity index (χ1n) is 6.52. The topological polar surface area (TPSA) is 12.0 Å². The molecule has 0 aromatic heterocycles. The van der Waals surface area contributed by atoms with Gasteiger partial charge in [-0.1, -0.05) is 53.9 Å². The molecular weight excluding hydrogens is 313 g/mol. The van der Waals surface area contributed by atoms with E-state index in [9.17, 15) is 0 Å². The van der Waals surface area contributed by atoms with Crippen LogP contribution in [-0.2, 0) is 6.42 Å². The molecule has 1 nitrogen and oxygen atoms in total. The Hall–Kier alpha value is -0.730. The highest BCUT2D eigenvalue weighted by Crippen LogP contribution is 2.26. The standard InChI is InChI=1S/C16H16Cl3N/c1-2-20-16(7-11-4-3-5-13(17)6-11)12-8-14(18)10-15(19)9-12/h3-6,8-10,16,20H,2,7H2,1H3. The maximum absolute atomic E-state index is 6.09. The van der Waals surface area contributed by atoms with Crippen molar-refractivity contribution >= 4 is 34.8 Å². The van der Waals surface area contributed by atoms with E-state index in [-0.39, 0.29) is 6.04 Å². The summed E-state index contributed by atoms with van der Waals surface area (Å²) in [5.74, 6) is 0. The molecule has 4 heteroatoms. The maximum Gasteiger partial charge on any atom is 0.0424 e. The second-order valence-electron chi connectivity index (χ2n) is 4.65. The number of rotatable bonds is 5. The molecule has 2 rings (SSSR count). The van der Waals surface area contributed by atoms with Gasteiger partial charge in [0.2, 0.25) is 0 Å². The van der Waals surface area contributed by atoms with E-state index >= 15 is 0 Å². The van der Waals surface area contributed by atoms with Gasteiger partial charge in [-0.2, -0.15) is 0 Å². The van der Waals surface area contributed by atoms with Crippen molar-refractivity contribution in [2.24, 2.45) is 0 Å². The SMILES string of the molecule is CCNC(Cc1cccc(Cl)c1)c1cc(Cl)cc(Cl)c1. The Balaban J connectivity index is 2.26. The second-order valence-corrected chi connectivity index (χ2v) is 5.96. The van der Waals surface area contributed by atoms with Crippen LogP contribution in [0.25, 0.3) is 0 Å². The van der Waals surface area contributed by atoms with Crippen molar-refractivity contribution in [3.8, 4) is 0 Å². The molecule has 0 aliphatic heterocycles. The molecule has 0 aliphatic rings. The fourth-order valence-electron chi connectivity index (χ4n) is 2.23. The minimum atomic E-state index is 0.162. The lowest BCUT2D eigenvalue weighted by atomic mass is 9.99. The summed E-state index contributed by atoms with van der Waals surface area (Å²) in [6.07, 6.45) is 0.838. The first kappa shape index (κ1) is 15.7. The van der Waals surface area contributed by atoms with Gasteiger partial charge in [0, 0.05) is 21.1 Å². The quantitative estimate of drug-likeness (QED) is 0.760. The van der Waals surface area contributed by atoms with Gasteiger partial charge >= 0.3 is 0 Å². The van der Waals surface area contributed by atoms with E-state index in [1.807, 2.05) is 30.3 Å². The summed E-state index contributed by atoms with van der Waals surface area (Å²) in [6, 6.07) is 13.7. The molecule has 1 N–H and O–H groups in total. The highest BCUT2D eigenvalue weighted by molar-refractivity contribution is 6.34. The Bertz CT molecular complexity index is 563. The maximum atomic E-state index is 6.09. The van der Waals surface area contributed by atoms with Gasteiger partial charge in [-0.25, -0.2) is 0 Å². The Morgan fingerprint density at radius 2 is 1.65 bits per heavy atom. The molecule has 0 saturated heterocycles. The van der Waals surface area contributed by atoms with E-state index in [1.54, 1.807) is 6.07 Å². The van der Waals surface area contributed by atoms with E-state index in [4.69, 9.17) is 34.8 Å². The lowest BCUT2D eigenvalue weighted by molar-refractivity contribution is 0.550. The zero-order valence-electron chi connectivity index (χ0n) is 11.2. The van der Waals surface area contributed by atoms with Crippen molar-refractivity contribution < 1.29 is 0 Å². The summed E-state index contributed by atoms with van der Waals surface area (Å²) < 4.78 is 0. The van der Waals surface area contributed by atoms with Gasteiger partial charge in [-0.15, -0.1) is 0 Å². The second kappa shape index (κ2) is 7.33. The summed E-state index contributed by atoms with van der Waals surface area (Å²) in [7, 11) is 0. The van der Waals surface area contributed by atoms with Gasteiger partial charge in [0.05, 0.1) is 0 Å². The van der Waals surface area contributed by atoms with Gasteiger partial charge < -0.3 is 5.32 Å². The highest BCUT2D eigenvalue weighted by Gasteiger charge is 2.13. The van der Waals surface area contributed by atoms with Gasteiger partial charge in [0.1, 0.15) is 0 Å². The first-order chi connectivity index (χ1) is 9.58. The molecule has 0 bridgehead atoms. The molecule has 1 unspecified atom stereocenters. The van der Waals surface area contributed by atoms with E-state index in [0.717, 1.165) is 23.6 Å². The molecule has 2 aromatic rings. The molecule has 0 spiro atoms. The molecule has 0 heterocycles. The Labute approximate surface area is 134 Å². The summed E-state index contributed by atoms with van der Waals surface area (Å²) in [6.45, 7) is 2.95. The number of halogens is 3. The van der Waals surface area contributed by atoms with E-state index in [0.29, 0.717) is 10.0 Å². The fourth-order valence-corrected chi connectivity index (χ4v) is 2.99.